The van der Waals surface area contributed by atoms with Crippen molar-refractivity contribution >= 4 is 23.0 Å². The SMILES string of the molecule is Cc1ccc(NC(=O)c2cc(NN)ccn2)cc1N(C)C. The van der Waals surface area contributed by atoms with Crippen LogP contribution in [0, 0.1) is 6.92 Å². The molecule has 0 saturated heterocycles. The molecule has 0 fully saturated rings. The quantitative estimate of drug-likeness (QED) is 0.591. The highest BCUT2D eigenvalue weighted by Gasteiger charge is 2.10. The van der Waals surface area contributed by atoms with E-state index in [1.54, 1.807) is 12.1 Å². The molecule has 1 aromatic heterocycles. The number of nitrogens with zero attached hydrogens (tertiary/aromatic N) is 2. The second-order valence-electron chi connectivity index (χ2n) is 4.92. The monoisotopic (exact) mass is 285 g/mol. The minimum atomic E-state index is -0.277. The van der Waals surface area contributed by atoms with Crippen LogP contribution in [0.15, 0.2) is 36.5 Å². The van der Waals surface area contributed by atoms with Crippen LogP contribution < -0.4 is 21.5 Å². The lowest BCUT2D eigenvalue weighted by Gasteiger charge is -2.17. The van der Waals surface area contributed by atoms with E-state index in [1.165, 1.54) is 6.20 Å². The number of nitrogens with two attached hydrogens (primary N) is 1. The van der Waals surface area contributed by atoms with Crippen LogP contribution in [0.4, 0.5) is 17.1 Å². The molecule has 0 spiro atoms. The number of aromatic nitrogens is 1. The summed E-state index contributed by atoms with van der Waals surface area (Å²) in [4.78, 5) is 18.2. The molecule has 0 aliphatic rings. The van der Waals surface area contributed by atoms with Crippen LogP contribution in [0.5, 0.6) is 0 Å². The van der Waals surface area contributed by atoms with Crippen LogP contribution >= 0.6 is 0 Å². The van der Waals surface area contributed by atoms with Crippen molar-refractivity contribution in [3.63, 3.8) is 0 Å². The Labute approximate surface area is 123 Å². The van der Waals surface area contributed by atoms with Crippen molar-refractivity contribution in [1.82, 2.24) is 4.98 Å². The third kappa shape index (κ3) is 3.49. The minimum absolute atomic E-state index is 0.277. The molecule has 0 unspecified atom stereocenters. The number of pyridine rings is 1. The number of nitrogens with one attached hydrogen (secondary N) is 2. The van der Waals surface area contributed by atoms with Gasteiger partial charge in [-0.25, -0.2) is 0 Å². The fourth-order valence-electron chi connectivity index (χ4n) is 2.01. The van der Waals surface area contributed by atoms with E-state index in [0.717, 1.165) is 16.9 Å². The Morgan fingerprint density at radius 2 is 1.95 bits per heavy atom. The number of hydrogen-bond acceptors (Lipinski definition) is 5. The number of carbonyl (C=O) groups is 1. The van der Waals surface area contributed by atoms with Crippen LogP contribution in [0.1, 0.15) is 16.1 Å². The van der Waals surface area contributed by atoms with Gasteiger partial charge in [-0.3, -0.25) is 15.6 Å². The van der Waals surface area contributed by atoms with Crippen molar-refractivity contribution in [2.45, 2.75) is 6.92 Å². The lowest BCUT2D eigenvalue weighted by Crippen LogP contribution is -2.16. The molecule has 4 N–H and O–H groups in total. The fourth-order valence-corrected chi connectivity index (χ4v) is 2.01. The zero-order chi connectivity index (χ0) is 15.4. The van der Waals surface area contributed by atoms with Crippen LogP contribution in [-0.2, 0) is 0 Å². The van der Waals surface area contributed by atoms with Crippen molar-refractivity contribution < 1.29 is 4.79 Å². The summed E-state index contributed by atoms with van der Waals surface area (Å²) in [6.45, 7) is 2.03. The summed E-state index contributed by atoms with van der Waals surface area (Å²) in [6.07, 6.45) is 1.53. The van der Waals surface area contributed by atoms with Gasteiger partial charge in [0, 0.05) is 31.7 Å². The molecule has 110 valence electrons. The highest BCUT2D eigenvalue weighted by molar-refractivity contribution is 6.03. The number of carbonyl (C=O) groups excluding carboxylic acids is 1. The number of aryl methyl sites for hydroxylation is 1. The number of hydrogen-bond donors (Lipinski definition) is 3. The molecule has 1 aromatic carbocycles. The van der Waals surface area contributed by atoms with E-state index >= 15 is 0 Å². The minimum Gasteiger partial charge on any atom is -0.377 e. The Kier molecular flexibility index (Phi) is 4.39. The summed E-state index contributed by atoms with van der Waals surface area (Å²) in [7, 11) is 3.93. The third-order valence-electron chi connectivity index (χ3n) is 3.11. The van der Waals surface area contributed by atoms with E-state index in [9.17, 15) is 4.79 Å². The first-order valence-electron chi connectivity index (χ1n) is 6.53. The van der Waals surface area contributed by atoms with Crippen molar-refractivity contribution in [3.05, 3.63) is 47.8 Å². The summed E-state index contributed by atoms with van der Waals surface area (Å²) in [6, 6.07) is 9.04. The van der Waals surface area contributed by atoms with Crippen LogP contribution in [0.2, 0.25) is 0 Å². The van der Waals surface area contributed by atoms with Gasteiger partial charge in [0.1, 0.15) is 5.69 Å². The van der Waals surface area contributed by atoms with Crippen LogP contribution in [0.3, 0.4) is 0 Å². The highest BCUT2D eigenvalue weighted by atomic mass is 16.1. The average Bonchev–Trinajstić information content (AvgIpc) is 2.49. The van der Waals surface area contributed by atoms with E-state index in [0.29, 0.717) is 11.4 Å². The Hall–Kier alpha value is -2.60. The van der Waals surface area contributed by atoms with Crippen molar-refractivity contribution in [1.29, 1.82) is 0 Å². The average molecular weight is 285 g/mol. The molecule has 0 radical (unpaired) electrons. The van der Waals surface area contributed by atoms with Gasteiger partial charge in [0.25, 0.3) is 5.91 Å². The molecule has 0 saturated carbocycles. The predicted octanol–water partition coefficient (Wildman–Crippen LogP) is 1.99. The predicted molar refractivity (Wildman–Crippen MR) is 85.5 cm³/mol. The third-order valence-corrected chi connectivity index (χ3v) is 3.11. The van der Waals surface area contributed by atoms with Gasteiger partial charge in [-0.15, -0.1) is 0 Å². The summed E-state index contributed by atoms with van der Waals surface area (Å²) >= 11 is 0. The fraction of sp³-hybridized carbons (Fsp3) is 0.200. The normalized spacial score (nSPS) is 10.1. The smallest absolute Gasteiger partial charge is 0.274 e. The molecule has 1 amide bonds. The van der Waals surface area contributed by atoms with Gasteiger partial charge in [-0.2, -0.15) is 0 Å². The van der Waals surface area contributed by atoms with E-state index < -0.39 is 0 Å². The second kappa shape index (κ2) is 6.23. The molecule has 1 heterocycles. The molecule has 0 bridgehead atoms. The van der Waals surface area contributed by atoms with E-state index in [2.05, 4.69) is 15.7 Å². The number of anilines is 3. The summed E-state index contributed by atoms with van der Waals surface area (Å²) in [5.74, 6) is 5.05. The van der Waals surface area contributed by atoms with Crippen molar-refractivity contribution in [2.75, 3.05) is 29.7 Å². The van der Waals surface area contributed by atoms with Crippen molar-refractivity contribution in [3.8, 4) is 0 Å². The van der Waals surface area contributed by atoms with Crippen LogP contribution in [-0.4, -0.2) is 25.0 Å². The molecule has 0 atom stereocenters. The van der Waals surface area contributed by atoms with Gasteiger partial charge in [0.2, 0.25) is 0 Å². The summed E-state index contributed by atoms with van der Waals surface area (Å²) < 4.78 is 0. The largest absolute Gasteiger partial charge is 0.377 e. The Bertz CT molecular complexity index is 654. The lowest BCUT2D eigenvalue weighted by atomic mass is 10.1. The summed E-state index contributed by atoms with van der Waals surface area (Å²) in [5.41, 5.74) is 6.35. The standard InChI is InChI=1S/C15H19N5O/c1-10-4-5-11(9-14(10)20(2)3)18-15(21)13-8-12(19-16)6-7-17-13/h4-9H,16H2,1-3H3,(H,17,19)(H,18,21). The zero-order valence-electron chi connectivity index (χ0n) is 12.3. The lowest BCUT2D eigenvalue weighted by molar-refractivity contribution is 0.102. The van der Waals surface area contributed by atoms with Gasteiger partial charge in [-0.1, -0.05) is 6.07 Å². The maximum atomic E-state index is 12.2. The summed E-state index contributed by atoms with van der Waals surface area (Å²) in [5, 5.41) is 2.84. The molecule has 6 nitrogen and oxygen atoms in total. The Morgan fingerprint density at radius 3 is 2.62 bits per heavy atom. The maximum absolute atomic E-state index is 12.2. The Balaban J connectivity index is 2.21. The van der Waals surface area contributed by atoms with Crippen LogP contribution in [0.25, 0.3) is 0 Å². The van der Waals surface area contributed by atoms with E-state index in [-0.39, 0.29) is 5.91 Å². The first kappa shape index (κ1) is 14.8. The van der Waals surface area contributed by atoms with Gasteiger partial charge < -0.3 is 15.6 Å². The molecule has 0 aliphatic heterocycles. The molecule has 2 aromatic rings. The molecular weight excluding hydrogens is 266 g/mol. The topological polar surface area (TPSA) is 83.3 Å². The number of amides is 1. The number of rotatable bonds is 4. The van der Waals surface area contributed by atoms with Crippen molar-refractivity contribution in [2.24, 2.45) is 5.84 Å². The van der Waals surface area contributed by atoms with E-state index in [4.69, 9.17) is 5.84 Å². The van der Waals surface area contributed by atoms with Gasteiger partial charge in [0.05, 0.1) is 5.69 Å². The zero-order valence-corrected chi connectivity index (χ0v) is 12.3. The van der Waals surface area contributed by atoms with Gasteiger partial charge in [-0.05, 0) is 36.8 Å². The number of nitrogen functional groups attached to an aromatic ring is 1. The highest BCUT2D eigenvalue weighted by Crippen LogP contribution is 2.22. The first-order valence-corrected chi connectivity index (χ1v) is 6.53. The molecule has 21 heavy (non-hydrogen) atoms. The van der Waals surface area contributed by atoms with Gasteiger partial charge >= 0.3 is 0 Å². The first-order chi connectivity index (χ1) is 10.0. The van der Waals surface area contributed by atoms with Gasteiger partial charge in [0.15, 0.2) is 0 Å². The maximum Gasteiger partial charge on any atom is 0.274 e. The second-order valence-corrected chi connectivity index (χ2v) is 4.92. The molecular formula is C15H19N5O. The molecule has 0 aliphatic carbocycles. The van der Waals surface area contributed by atoms with E-state index in [1.807, 2.05) is 44.1 Å². The molecule has 2 rings (SSSR count). The number of benzene rings is 1. The molecule has 6 heteroatoms. The Morgan fingerprint density at radius 1 is 1.19 bits per heavy atom. The number of hydrazine groups is 1.